The van der Waals surface area contributed by atoms with Gasteiger partial charge >= 0.3 is 0 Å². The van der Waals surface area contributed by atoms with E-state index in [4.69, 9.17) is 30.5 Å². The molecule has 1 aromatic carbocycles. The van der Waals surface area contributed by atoms with Crippen molar-refractivity contribution in [2.75, 3.05) is 21.3 Å². The van der Waals surface area contributed by atoms with E-state index < -0.39 is 23.1 Å². The summed E-state index contributed by atoms with van der Waals surface area (Å²) in [6.45, 7) is 1.68. The van der Waals surface area contributed by atoms with Crippen LogP contribution in [0.5, 0.6) is 17.2 Å². The summed E-state index contributed by atoms with van der Waals surface area (Å²) in [6, 6.07) is 0. The van der Waals surface area contributed by atoms with Crippen LogP contribution in [0.1, 0.15) is 23.7 Å². The molecule has 25 heavy (non-hydrogen) atoms. The van der Waals surface area contributed by atoms with Crippen molar-refractivity contribution >= 4 is 23.2 Å². The van der Waals surface area contributed by atoms with Gasteiger partial charge in [-0.3, -0.25) is 9.59 Å². The second kappa shape index (κ2) is 5.91. The predicted octanol–water partition coefficient (Wildman–Crippen LogP) is 2.95. The maximum absolute atomic E-state index is 14.6. The third-order valence-electron chi connectivity index (χ3n) is 4.57. The van der Waals surface area contributed by atoms with E-state index in [9.17, 15) is 14.0 Å². The Bertz CT molecular complexity index is 818. The first-order valence-corrected chi connectivity index (χ1v) is 7.86. The van der Waals surface area contributed by atoms with E-state index in [0.717, 1.165) is 0 Å². The third-order valence-corrected chi connectivity index (χ3v) is 4.91. The number of fused-ring (bicyclic) bond motifs is 1. The molecule has 6 nitrogen and oxygen atoms in total. The van der Waals surface area contributed by atoms with Gasteiger partial charge in [0.25, 0.3) is 0 Å². The second-order valence-corrected chi connectivity index (χ2v) is 6.23. The van der Waals surface area contributed by atoms with E-state index >= 15 is 0 Å². The Labute approximate surface area is 148 Å². The molecule has 2 atom stereocenters. The third kappa shape index (κ3) is 2.15. The molecular formula is C17H16ClFO6. The van der Waals surface area contributed by atoms with Gasteiger partial charge in [0.05, 0.1) is 21.3 Å². The van der Waals surface area contributed by atoms with E-state index in [0.29, 0.717) is 0 Å². The lowest BCUT2D eigenvalue weighted by atomic mass is 9.75. The molecule has 0 radical (unpaired) electrons. The molecule has 0 fully saturated rings. The van der Waals surface area contributed by atoms with Gasteiger partial charge in [0.1, 0.15) is 10.6 Å². The summed E-state index contributed by atoms with van der Waals surface area (Å²) < 4.78 is 35.8. The predicted molar refractivity (Wildman–Crippen MR) is 86.1 cm³/mol. The van der Waals surface area contributed by atoms with Crippen LogP contribution in [0.4, 0.5) is 4.39 Å². The first-order chi connectivity index (χ1) is 11.8. The second-order valence-electron chi connectivity index (χ2n) is 5.85. The molecule has 0 bridgehead atoms. The Morgan fingerprint density at radius 1 is 1.20 bits per heavy atom. The molecule has 2 aliphatic rings. The van der Waals surface area contributed by atoms with Crippen molar-refractivity contribution in [3.63, 3.8) is 0 Å². The van der Waals surface area contributed by atoms with Crippen LogP contribution < -0.4 is 14.2 Å². The molecule has 1 aromatic rings. The average Bonchev–Trinajstić information content (AvgIpc) is 2.87. The first kappa shape index (κ1) is 17.5. The maximum atomic E-state index is 14.6. The van der Waals surface area contributed by atoms with Gasteiger partial charge in [0.15, 0.2) is 28.8 Å². The number of rotatable bonds is 3. The molecule has 0 unspecified atom stereocenters. The van der Waals surface area contributed by atoms with Crippen LogP contribution in [0, 0.1) is 11.7 Å². The van der Waals surface area contributed by atoms with Crippen molar-refractivity contribution in [1.82, 2.24) is 0 Å². The lowest BCUT2D eigenvalue weighted by Crippen LogP contribution is -2.51. The van der Waals surface area contributed by atoms with E-state index in [1.165, 1.54) is 27.4 Å². The highest BCUT2D eigenvalue weighted by molar-refractivity contribution is 6.35. The van der Waals surface area contributed by atoms with Crippen molar-refractivity contribution < 1.29 is 32.9 Å². The molecule has 0 amide bonds. The van der Waals surface area contributed by atoms with E-state index in [-0.39, 0.29) is 45.8 Å². The number of carbonyl (C=O) groups is 2. The van der Waals surface area contributed by atoms with Gasteiger partial charge in [0, 0.05) is 18.4 Å². The van der Waals surface area contributed by atoms with Gasteiger partial charge < -0.3 is 18.9 Å². The largest absolute Gasteiger partial charge is 0.496 e. The SMILES string of the molecule is COC1=CC(=O)C[C@@H](C)[C@]12Oc1c(Cl)c(OC)c(F)c(OC)c1C2=O. The molecule has 1 aliphatic carbocycles. The number of Topliss-reactive ketones (excluding diaryl/α,β-unsaturated/α-hetero) is 1. The van der Waals surface area contributed by atoms with Crippen LogP contribution in [0.25, 0.3) is 0 Å². The minimum atomic E-state index is -1.60. The molecule has 3 rings (SSSR count). The lowest BCUT2D eigenvalue weighted by Gasteiger charge is -2.36. The zero-order valence-electron chi connectivity index (χ0n) is 14.1. The Morgan fingerprint density at radius 3 is 2.40 bits per heavy atom. The number of hydrogen-bond donors (Lipinski definition) is 0. The molecule has 1 spiro atoms. The highest BCUT2D eigenvalue weighted by atomic mass is 35.5. The summed E-state index contributed by atoms with van der Waals surface area (Å²) in [5.41, 5.74) is -1.73. The highest BCUT2D eigenvalue weighted by Crippen LogP contribution is 2.55. The van der Waals surface area contributed by atoms with Crippen LogP contribution >= 0.6 is 11.6 Å². The van der Waals surface area contributed by atoms with Gasteiger partial charge in [-0.1, -0.05) is 18.5 Å². The van der Waals surface area contributed by atoms with Gasteiger partial charge in [-0.05, 0) is 0 Å². The summed E-state index contributed by atoms with van der Waals surface area (Å²) >= 11 is 6.20. The van der Waals surface area contributed by atoms with Gasteiger partial charge in [-0.15, -0.1) is 0 Å². The Kier molecular flexibility index (Phi) is 4.15. The summed E-state index contributed by atoms with van der Waals surface area (Å²) in [5.74, 6) is -2.82. The Morgan fingerprint density at radius 2 is 1.84 bits per heavy atom. The minimum Gasteiger partial charge on any atom is -0.496 e. The number of ether oxygens (including phenoxy) is 4. The van der Waals surface area contributed by atoms with Crippen LogP contribution in [0.15, 0.2) is 11.8 Å². The molecule has 8 heteroatoms. The number of methoxy groups -OCH3 is 3. The molecule has 0 aromatic heterocycles. The number of carbonyl (C=O) groups excluding carboxylic acids is 2. The zero-order valence-corrected chi connectivity index (χ0v) is 14.8. The van der Waals surface area contributed by atoms with Crippen LogP contribution in [-0.4, -0.2) is 38.5 Å². The molecule has 1 heterocycles. The Balaban J connectivity index is 2.31. The molecular weight excluding hydrogens is 355 g/mol. The molecule has 1 aliphatic heterocycles. The maximum Gasteiger partial charge on any atom is 0.231 e. The van der Waals surface area contributed by atoms with E-state index in [2.05, 4.69) is 0 Å². The van der Waals surface area contributed by atoms with Gasteiger partial charge in [-0.25, -0.2) is 0 Å². The van der Waals surface area contributed by atoms with E-state index in [1.54, 1.807) is 6.92 Å². The number of hydrogen-bond acceptors (Lipinski definition) is 6. The van der Waals surface area contributed by atoms with E-state index in [1.807, 2.05) is 0 Å². The number of allylic oxidation sites excluding steroid dienone is 1. The topological polar surface area (TPSA) is 71.1 Å². The fraction of sp³-hybridized carbons (Fsp3) is 0.412. The van der Waals surface area contributed by atoms with Crippen LogP contribution in [-0.2, 0) is 9.53 Å². The zero-order chi connectivity index (χ0) is 18.5. The standard InChI is InChI=1S/C17H16ClFO6/c1-7-5-8(20)6-9(22-2)17(7)16(21)10-13(25-17)11(18)15(24-4)12(19)14(10)23-3/h6-7H,5H2,1-4H3/t7-,17+/m1/s1. The summed E-state index contributed by atoms with van der Waals surface area (Å²) in [4.78, 5) is 25.1. The normalized spacial score (nSPS) is 24.7. The lowest BCUT2D eigenvalue weighted by molar-refractivity contribution is -0.118. The fourth-order valence-corrected chi connectivity index (χ4v) is 3.68. The van der Waals surface area contributed by atoms with Gasteiger partial charge in [0.2, 0.25) is 17.2 Å². The molecule has 134 valence electrons. The number of halogens is 2. The van der Waals surface area contributed by atoms with Crippen molar-refractivity contribution in [3.8, 4) is 17.2 Å². The van der Waals surface area contributed by atoms with Crippen molar-refractivity contribution in [2.24, 2.45) is 5.92 Å². The fourth-order valence-electron chi connectivity index (χ4n) is 3.39. The van der Waals surface area contributed by atoms with Crippen molar-refractivity contribution in [2.45, 2.75) is 18.9 Å². The van der Waals surface area contributed by atoms with Crippen LogP contribution in [0.3, 0.4) is 0 Å². The molecule has 0 saturated carbocycles. The number of ketones is 2. The quantitative estimate of drug-likeness (QED) is 0.814. The molecule has 0 saturated heterocycles. The Hall–Kier alpha value is -2.28. The summed E-state index contributed by atoms with van der Waals surface area (Å²) in [5, 5.41) is -0.180. The molecule has 0 N–H and O–H groups in total. The highest BCUT2D eigenvalue weighted by Gasteiger charge is 2.60. The van der Waals surface area contributed by atoms with Crippen molar-refractivity contribution in [1.29, 1.82) is 0 Å². The smallest absolute Gasteiger partial charge is 0.231 e. The average molecular weight is 371 g/mol. The summed E-state index contributed by atoms with van der Waals surface area (Å²) in [6.07, 6.45) is 1.30. The van der Waals surface area contributed by atoms with Crippen molar-refractivity contribution in [3.05, 3.63) is 28.2 Å². The first-order valence-electron chi connectivity index (χ1n) is 7.49. The summed E-state index contributed by atoms with van der Waals surface area (Å²) in [7, 11) is 3.80. The minimum absolute atomic E-state index is 0.0501. The number of benzene rings is 1. The van der Waals surface area contributed by atoms with Gasteiger partial charge in [-0.2, -0.15) is 4.39 Å². The monoisotopic (exact) mass is 370 g/mol. The van der Waals surface area contributed by atoms with Crippen LogP contribution in [0.2, 0.25) is 5.02 Å².